The maximum atomic E-state index is 14.0. The number of hydrogen-bond acceptors (Lipinski definition) is 4. The highest BCUT2D eigenvalue weighted by Gasteiger charge is 2.30. The lowest BCUT2D eigenvalue weighted by Crippen LogP contribution is -2.40. The van der Waals surface area contributed by atoms with Gasteiger partial charge in [-0.15, -0.1) is 0 Å². The van der Waals surface area contributed by atoms with Gasteiger partial charge in [-0.3, -0.25) is 14.4 Å². The zero-order valence-corrected chi connectivity index (χ0v) is 17.8. The number of Topliss-reactive ketones (excluding diaryl/α,β-unsaturated/α-hetero) is 1. The first kappa shape index (κ1) is 21.8. The van der Waals surface area contributed by atoms with E-state index in [2.05, 4.69) is 5.32 Å². The topological polar surface area (TPSA) is 66.5 Å². The molecule has 1 fully saturated rings. The minimum Gasteiger partial charge on any atom is -0.339 e. The number of thiophene rings is 1. The van der Waals surface area contributed by atoms with Crippen molar-refractivity contribution in [2.24, 2.45) is 5.92 Å². The zero-order chi connectivity index (χ0) is 22.7. The Labute approximate surface area is 187 Å². The summed E-state index contributed by atoms with van der Waals surface area (Å²) < 4.78 is 27.4. The third kappa shape index (κ3) is 4.60. The van der Waals surface area contributed by atoms with Gasteiger partial charge in [-0.2, -0.15) is 11.3 Å². The van der Waals surface area contributed by atoms with Gasteiger partial charge in [-0.05, 0) is 54.6 Å². The van der Waals surface area contributed by atoms with Crippen molar-refractivity contribution in [3.63, 3.8) is 0 Å². The number of nitrogens with one attached hydrogen (secondary N) is 1. The average Bonchev–Trinajstić information content (AvgIpc) is 3.35. The second-order valence-corrected chi connectivity index (χ2v) is 8.35. The Balaban J connectivity index is 1.43. The molecular formula is C24H20F2N2O3S. The fourth-order valence-electron chi connectivity index (χ4n) is 3.79. The van der Waals surface area contributed by atoms with E-state index >= 15 is 0 Å². The Kier molecular flexibility index (Phi) is 6.41. The van der Waals surface area contributed by atoms with Crippen molar-refractivity contribution < 1.29 is 23.2 Å². The minimum absolute atomic E-state index is 0.253. The minimum atomic E-state index is -0.745. The van der Waals surface area contributed by atoms with Gasteiger partial charge in [-0.25, -0.2) is 8.78 Å². The molecule has 0 atom stereocenters. The molecule has 0 spiro atoms. The number of piperidine rings is 1. The third-order valence-electron chi connectivity index (χ3n) is 5.54. The Morgan fingerprint density at radius 1 is 0.969 bits per heavy atom. The predicted octanol–water partition coefficient (Wildman–Crippen LogP) is 5.01. The zero-order valence-electron chi connectivity index (χ0n) is 17.0. The lowest BCUT2D eigenvalue weighted by atomic mass is 9.88. The van der Waals surface area contributed by atoms with Gasteiger partial charge in [0.25, 0.3) is 11.8 Å². The quantitative estimate of drug-likeness (QED) is 0.551. The summed E-state index contributed by atoms with van der Waals surface area (Å²) in [5.41, 5.74) is 1.03. The number of amides is 2. The largest absolute Gasteiger partial charge is 0.339 e. The van der Waals surface area contributed by atoms with Gasteiger partial charge in [-0.1, -0.05) is 12.1 Å². The number of halogens is 2. The smallest absolute Gasteiger partial charge is 0.256 e. The third-order valence-corrected chi connectivity index (χ3v) is 6.22. The Morgan fingerprint density at radius 2 is 1.72 bits per heavy atom. The molecule has 2 aromatic carbocycles. The van der Waals surface area contributed by atoms with Crippen LogP contribution in [0.3, 0.4) is 0 Å². The molecule has 0 bridgehead atoms. The lowest BCUT2D eigenvalue weighted by molar-refractivity contribution is 0.0650. The van der Waals surface area contributed by atoms with Crippen LogP contribution in [-0.4, -0.2) is 35.6 Å². The molecule has 1 aliphatic heterocycles. The molecule has 0 unspecified atom stereocenters. The molecule has 3 aromatic rings. The van der Waals surface area contributed by atoms with Crippen LogP contribution in [0.15, 0.2) is 59.3 Å². The number of carbonyl (C=O) groups is 3. The van der Waals surface area contributed by atoms with Crippen molar-refractivity contribution in [1.29, 1.82) is 0 Å². The molecule has 1 N–H and O–H groups in total. The highest BCUT2D eigenvalue weighted by Crippen LogP contribution is 2.26. The molecule has 2 heterocycles. The Bertz CT molecular complexity index is 1160. The number of rotatable bonds is 5. The van der Waals surface area contributed by atoms with Gasteiger partial charge < -0.3 is 10.2 Å². The highest BCUT2D eigenvalue weighted by molar-refractivity contribution is 7.08. The van der Waals surface area contributed by atoms with Crippen molar-refractivity contribution in [3.8, 4) is 0 Å². The first-order valence-electron chi connectivity index (χ1n) is 10.1. The summed E-state index contributed by atoms with van der Waals surface area (Å²) in [6, 6.07) is 11.3. The van der Waals surface area contributed by atoms with Crippen LogP contribution < -0.4 is 5.32 Å². The number of hydrogen-bond donors (Lipinski definition) is 1. The number of nitrogens with zero attached hydrogens (tertiary/aromatic N) is 1. The van der Waals surface area contributed by atoms with Crippen LogP contribution >= 0.6 is 11.3 Å². The number of likely N-dealkylation sites (tertiary alicyclic amines) is 1. The molecule has 0 radical (unpaired) electrons. The number of carbonyl (C=O) groups excluding carboxylic acids is 3. The molecule has 8 heteroatoms. The molecule has 5 nitrogen and oxygen atoms in total. The second kappa shape index (κ2) is 9.40. The van der Waals surface area contributed by atoms with E-state index in [-0.39, 0.29) is 17.4 Å². The van der Waals surface area contributed by atoms with E-state index in [0.29, 0.717) is 42.7 Å². The van der Waals surface area contributed by atoms with Crippen LogP contribution in [0.2, 0.25) is 0 Å². The maximum Gasteiger partial charge on any atom is 0.256 e. The van der Waals surface area contributed by atoms with Gasteiger partial charge in [0.05, 0.1) is 22.4 Å². The van der Waals surface area contributed by atoms with E-state index < -0.39 is 23.3 Å². The van der Waals surface area contributed by atoms with Crippen LogP contribution in [0, 0.1) is 17.6 Å². The molecule has 1 aromatic heterocycles. The highest BCUT2D eigenvalue weighted by atomic mass is 32.1. The van der Waals surface area contributed by atoms with Crippen molar-refractivity contribution in [2.45, 2.75) is 12.8 Å². The van der Waals surface area contributed by atoms with Crippen molar-refractivity contribution in [2.75, 3.05) is 18.4 Å². The van der Waals surface area contributed by atoms with Crippen LogP contribution in [0.25, 0.3) is 0 Å². The number of benzene rings is 2. The molecule has 164 valence electrons. The van der Waals surface area contributed by atoms with Crippen LogP contribution in [0.4, 0.5) is 14.5 Å². The van der Waals surface area contributed by atoms with E-state index in [0.717, 1.165) is 18.2 Å². The first-order valence-corrected chi connectivity index (χ1v) is 11.1. The van der Waals surface area contributed by atoms with Gasteiger partial charge in [0, 0.05) is 24.4 Å². The number of para-hydroxylation sites is 1. The van der Waals surface area contributed by atoms with E-state index in [9.17, 15) is 23.2 Å². The molecular weight excluding hydrogens is 434 g/mol. The average molecular weight is 454 g/mol. The van der Waals surface area contributed by atoms with Crippen molar-refractivity contribution >= 4 is 34.6 Å². The predicted molar refractivity (Wildman–Crippen MR) is 118 cm³/mol. The van der Waals surface area contributed by atoms with Crippen LogP contribution in [0.1, 0.15) is 43.9 Å². The lowest BCUT2D eigenvalue weighted by Gasteiger charge is -2.32. The normalized spacial score (nSPS) is 14.2. The summed E-state index contributed by atoms with van der Waals surface area (Å²) in [4.78, 5) is 39.8. The molecule has 1 aliphatic rings. The van der Waals surface area contributed by atoms with Gasteiger partial charge in [0.15, 0.2) is 5.78 Å². The summed E-state index contributed by atoms with van der Waals surface area (Å²) in [5, 5.41) is 6.31. The fourth-order valence-corrected chi connectivity index (χ4v) is 4.42. The number of anilines is 1. The fraction of sp³-hybridized carbons (Fsp3) is 0.208. The van der Waals surface area contributed by atoms with Crippen LogP contribution in [-0.2, 0) is 0 Å². The van der Waals surface area contributed by atoms with Gasteiger partial charge in [0.1, 0.15) is 11.6 Å². The second-order valence-electron chi connectivity index (χ2n) is 7.57. The van der Waals surface area contributed by atoms with Gasteiger partial charge >= 0.3 is 0 Å². The SMILES string of the molecule is O=C(Nc1ccccc1C(=O)N1CCC(C(=O)c2cc(F)ccc2F)CC1)c1ccsc1. The van der Waals surface area contributed by atoms with E-state index in [1.165, 1.54) is 11.3 Å². The maximum absolute atomic E-state index is 14.0. The summed E-state index contributed by atoms with van der Waals surface area (Å²) in [7, 11) is 0. The molecule has 32 heavy (non-hydrogen) atoms. The molecule has 4 rings (SSSR count). The first-order chi connectivity index (χ1) is 15.4. The van der Waals surface area contributed by atoms with E-state index in [4.69, 9.17) is 0 Å². The van der Waals surface area contributed by atoms with E-state index in [1.807, 2.05) is 0 Å². The molecule has 0 saturated carbocycles. The number of ketones is 1. The van der Waals surface area contributed by atoms with Crippen molar-refractivity contribution in [3.05, 3.63) is 87.6 Å². The summed E-state index contributed by atoms with van der Waals surface area (Å²) in [5.74, 6) is -2.89. The summed E-state index contributed by atoms with van der Waals surface area (Å²) in [6.45, 7) is 0.609. The Morgan fingerprint density at radius 3 is 2.44 bits per heavy atom. The summed E-state index contributed by atoms with van der Waals surface area (Å²) >= 11 is 1.41. The Hall–Kier alpha value is -3.39. The summed E-state index contributed by atoms with van der Waals surface area (Å²) in [6.07, 6.45) is 0.702. The monoisotopic (exact) mass is 454 g/mol. The molecule has 0 aliphatic carbocycles. The molecule has 2 amide bonds. The standard InChI is InChI=1S/C24H20F2N2O3S/c25-17-5-6-20(26)19(13-17)22(29)15-7-10-28(11-8-15)24(31)18-3-1-2-4-21(18)27-23(30)16-9-12-32-14-16/h1-6,9,12-15H,7-8,10-11H2,(H,27,30). The van der Waals surface area contributed by atoms with E-state index in [1.54, 1.807) is 46.0 Å². The van der Waals surface area contributed by atoms with Gasteiger partial charge in [0.2, 0.25) is 0 Å². The van der Waals surface area contributed by atoms with Crippen molar-refractivity contribution in [1.82, 2.24) is 4.90 Å². The molecule has 1 saturated heterocycles. The van der Waals surface area contributed by atoms with Crippen LogP contribution in [0.5, 0.6) is 0 Å².